The van der Waals surface area contributed by atoms with Gasteiger partial charge in [-0.05, 0) is 19.4 Å². The third kappa shape index (κ3) is 6.42. The molecule has 0 aliphatic rings. The van der Waals surface area contributed by atoms with E-state index >= 15 is 0 Å². The summed E-state index contributed by atoms with van der Waals surface area (Å²) >= 11 is 0. The van der Waals surface area contributed by atoms with Gasteiger partial charge in [-0.1, -0.05) is 39.0 Å². The van der Waals surface area contributed by atoms with Gasteiger partial charge in [0, 0.05) is 19.2 Å². The second-order valence-electron chi connectivity index (χ2n) is 5.05. The van der Waals surface area contributed by atoms with Crippen LogP contribution in [0.4, 0.5) is 17.3 Å². The molecule has 1 aromatic rings. The Morgan fingerprint density at radius 1 is 1.10 bits per heavy atom. The molecule has 0 aromatic carbocycles. The van der Waals surface area contributed by atoms with Crippen molar-refractivity contribution in [3.8, 4) is 0 Å². The molecular formula is C15H26N4O2. The Hall–Kier alpha value is -1.85. The smallest absolute Gasteiger partial charge is 0.311 e. The first-order chi connectivity index (χ1) is 10.2. The fraction of sp³-hybridized carbons (Fsp3) is 0.667. The van der Waals surface area contributed by atoms with Crippen LogP contribution in [0.3, 0.4) is 0 Å². The van der Waals surface area contributed by atoms with Crippen molar-refractivity contribution in [2.45, 2.75) is 52.4 Å². The molecule has 0 amide bonds. The van der Waals surface area contributed by atoms with E-state index in [9.17, 15) is 10.1 Å². The average Bonchev–Trinajstić information content (AvgIpc) is 2.46. The van der Waals surface area contributed by atoms with E-state index in [1.807, 2.05) is 6.92 Å². The summed E-state index contributed by atoms with van der Waals surface area (Å²) in [6, 6.07) is 3.13. The van der Waals surface area contributed by atoms with Crippen LogP contribution in [0.2, 0.25) is 0 Å². The summed E-state index contributed by atoms with van der Waals surface area (Å²) in [4.78, 5) is 14.9. The predicted octanol–water partition coefficient (Wildman–Crippen LogP) is 4.19. The van der Waals surface area contributed by atoms with Crippen molar-refractivity contribution < 1.29 is 4.92 Å². The maximum absolute atomic E-state index is 11.0. The van der Waals surface area contributed by atoms with Crippen molar-refractivity contribution in [3.05, 3.63) is 22.2 Å². The van der Waals surface area contributed by atoms with Crippen LogP contribution < -0.4 is 10.6 Å². The Kier molecular flexibility index (Phi) is 8.16. The summed E-state index contributed by atoms with van der Waals surface area (Å²) < 4.78 is 0. The van der Waals surface area contributed by atoms with Gasteiger partial charge in [0.25, 0.3) is 0 Å². The molecular weight excluding hydrogens is 268 g/mol. The summed E-state index contributed by atoms with van der Waals surface area (Å²) in [6.45, 7) is 5.62. The number of nitro groups is 1. The molecule has 1 aromatic heterocycles. The average molecular weight is 294 g/mol. The standard InChI is InChI=1S/C15H26N4O2/c1-3-5-6-7-8-9-12-17-15-13(19(20)21)10-11-14(18-15)16-4-2/h10-11H,3-9,12H2,1-2H3,(H2,16,17,18). The summed E-state index contributed by atoms with van der Waals surface area (Å²) in [5.41, 5.74) is 0.0302. The normalized spacial score (nSPS) is 10.4. The molecule has 0 aliphatic heterocycles. The predicted molar refractivity (Wildman–Crippen MR) is 86.9 cm³/mol. The lowest BCUT2D eigenvalue weighted by Gasteiger charge is -2.08. The summed E-state index contributed by atoms with van der Waals surface area (Å²) in [6.07, 6.45) is 7.17. The number of rotatable bonds is 11. The van der Waals surface area contributed by atoms with Gasteiger partial charge in [-0.15, -0.1) is 0 Å². The second-order valence-corrected chi connectivity index (χ2v) is 5.05. The number of hydrogen-bond donors (Lipinski definition) is 2. The minimum absolute atomic E-state index is 0.0302. The van der Waals surface area contributed by atoms with Crippen LogP contribution in [0, 0.1) is 10.1 Å². The summed E-state index contributed by atoms with van der Waals surface area (Å²) in [5.74, 6) is 1.01. The van der Waals surface area contributed by atoms with Crippen molar-refractivity contribution in [2.24, 2.45) is 0 Å². The minimum Gasteiger partial charge on any atom is -0.370 e. The van der Waals surface area contributed by atoms with Gasteiger partial charge in [-0.3, -0.25) is 10.1 Å². The van der Waals surface area contributed by atoms with Crippen LogP contribution in [0.25, 0.3) is 0 Å². The Balaban J connectivity index is 2.47. The monoisotopic (exact) mass is 294 g/mol. The lowest BCUT2D eigenvalue weighted by atomic mass is 10.1. The van der Waals surface area contributed by atoms with Gasteiger partial charge in [0.05, 0.1) is 4.92 Å². The van der Waals surface area contributed by atoms with Crippen LogP contribution in [-0.2, 0) is 0 Å². The molecule has 0 radical (unpaired) electrons. The first-order valence-electron chi connectivity index (χ1n) is 7.82. The first kappa shape index (κ1) is 17.2. The summed E-state index contributed by atoms with van der Waals surface area (Å²) in [5, 5.41) is 17.2. The van der Waals surface area contributed by atoms with Gasteiger partial charge in [0.2, 0.25) is 5.82 Å². The van der Waals surface area contributed by atoms with Gasteiger partial charge in [0.1, 0.15) is 5.82 Å². The van der Waals surface area contributed by atoms with Crippen molar-refractivity contribution >= 4 is 17.3 Å². The van der Waals surface area contributed by atoms with Crippen LogP contribution in [0.15, 0.2) is 12.1 Å². The highest BCUT2D eigenvalue weighted by Crippen LogP contribution is 2.24. The number of pyridine rings is 1. The molecule has 1 heterocycles. The quantitative estimate of drug-likeness (QED) is 0.363. The van der Waals surface area contributed by atoms with E-state index in [-0.39, 0.29) is 5.69 Å². The molecule has 2 N–H and O–H groups in total. The van der Waals surface area contributed by atoms with E-state index in [4.69, 9.17) is 0 Å². The molecule has 0 aliphatic carbocycles. The number of nitrogens with one attached hydrogen (secondary N) is 2. The van der Waals surface area contributed by atoms with E-state index in [0.29, 0.717) is 11.6 Å². The molecule has 118 valence electrons. The zero-order valence-electron chi connectivity index (χ0n) is 13.0. The highest BCUT2D eigenvalue weighted by Gasteiger charge is 2.15. The van der Waals surface area contributed by atoms with E-state index in [0.717, 1.165) is 25.9 Å². The van der Waals surface area contributed by atoms with Gasteiger partial charge in [-0.2, -0.15) is 0 Å². The molecule has 6 heteroatoms. The highest BCUT2D eigenvalue weighted by molar-refractivity contribution is 5.60. The number of hydrogen-bond acceptors (Lipinski definition) is 5. The molecule has 6 nitrogen and oxygen atoms in total. The third-order valence-corrected chi connectivity index (χ3v) is 3.25. The second kappa shape index (κ2) is 9.96. The van der Waals surface area contributed by atoms with Crippen LogP contribution in [0.5, 0.6) is 0 Å². The topological polar surface area (TPSA) is 80.1 Å². The van der Waals surface area contributed by atoms with Crippen molar-refractivity contribution in [2.75, 3.05) is 23.7 Å². The fourth-order valence-corrected chi connectivity index (χ4v) is 2.12. The van der Waals surface area contributed by atoms with Crippen LogP contribution in [-0.4, -0.2) is 23.0 Å². The van der Waals surface area contributed by atoms with E-state index in [1.54, 1.807) is 6.07 Å². The molecule has 0 atom stereocenters. The fourth-order valence-electron chi connectivity index (χ4n) is 2.12. The van der Waals surface area contributed by atoms with E-state index in [1.165, 1.54) is 31.7 Å². The number of unbranched alkanes of at least 4 members (excludes halogenated alkanes) is 5. The van der Waals surface area contributed by atoms with E-state index in [2.05, 4.69) is 22.5 Å². The van der Waals surface area contributed by atoms with E-state index < -0.39 is 4.92 Å². The highest BCUT2D eigenvalue weighted by atomic mass is 16.6. The molecule has 0 fully saturated rings. The molecule has 0 unspecified atom stereocenters. The van der Waals surface area contributed by atoms with Crippen molar-refractivity contribution in [3.63, 3.8) is 0 Å². The molecule has 0 bridgehead atoms. The van der Waals surface area contributed by atoms with Gasteiger partial charge in [0.15, 0.2) is 0 Å². The number of aromatic nitrogens is 1. The number of anilines is 2. The lowest BCUT2D eigenvalue weighted by Crippen LogP contribution is -2.08. The zero-order chi connectivity index (χ0) is 15.5. The van der Waals surface area contributed by atoms with Crippen molar-refractivity contribution in [1.29, 1.82) is 0 Å². The maximum atomic E-state index is 11.0. The largest absolute Gasteiger partial charge is 0.370 e. The summed E-state index contributed by atoms with van der Waals surface area (Å²) in [7, 11) is 0. The molecule has 21 heavy (non-hydrogen) atoms. The van der Waals surface area contributed by atoms with Gasteiger partial charge in [-0.25, -0.2) is 4.98 Å². The molecule has 0 saturated heterocycles. The molecule has 0 saturated carbocycles. The Labute approximate surface area is 126 Å². The Morgan fingerprint density at radius 3 is 2.48 bits per heavy atom. The molecule has 1 rings (SSSR count). The minimum atomic E-state index is -0.397. The van der Waals surface area contributed by atoms with Crippen molar-refractivity contribution in [1.82, 2.24) is 4.98 Å². The number of nitrogens with zero attached hydrogens (tertiary/aromatic N) is 2. The lowest BCUT2D eigenvalue weighted by molar-refractivity contribution is -0.384. The van der Waals surface area contributed by atoms with Crippen LogP contribution in [0.1, 0.15) is 52.4 Å². The third-order valence-electron chi connectivity index (χ3n) is 3.25. The van der Waals surface area contributed by atoms with Gasteiger partial charge < -0.3 is 10.6 Å². The molecule has 0 spiro atoms. The Bertz CT molecular complexity index is 438. The van der Waals surface area contributed by atoms with Crippen LogP contribution >= 0.6 is 0 Å². The SMILES string of the molecule is CCCCCCCCNc1nc(NCC)ccc1[N+](=O)[O-]. The first-order valence-corrected chi connectivity index (χ1v) is 7.82. The Morgan fingerprint density at radius 2 is 1.81 bits per heavy atom. The van der Waals surface area contributed by atoms with Gasteiger partial charge >= 0.3 is 5.69 Å². The zero-order valence-corrected chi connectivity index (χ0v) is 13.0. The maximum Gasteiger partial charge on any atom is 0.311 e.